The number of sulfone groups is 1. The summed E-state index contributed by atoms with van der Waals surface area (Å²) in [7, 11) is -3.12. The van der Waals surface area contributed by atoms with Crippen molar-refractivity contribution in [1.82, 2.24) is 9.78 Å². The van der Waals surface area contributed by atoms with E-state index in [9.17, 15) is 8.42 Å². The average molecular weight is 245 g/mol. The van der Waals surface area contributed by atoms with E-state index in [4.69, 9.17) is 5.73 Å². The van der Waals surface area contributed by atoms with Crippen LogP contribution < -0.4 is 5.73 Å². The van der Waals surface area contributed by atoms with Crippen molar-refractivity contribution in [2.45, 2.75) is 44.7 Å². The second kappa shape index (κ2) is 4.45. The highest BCUT2D eigenvalue weighted by Gasteiger charge is 2.20. The molecule has 0 aliphatic rings. The zero-order chi connectivity index (χ0) is 12.5. The van der Waals surface area contributed by atoms with Crippen molar-refractivity contribution in [3.63, 3.8) is 0 Å². The molecule has 0 radical (unpaired) electrons. The Morgan fingerprint density at radius 3 is 2.31 bits per heavy atom. The van der Waals surface area contributed by atoms with Crippen molar-refractivity contribution >= 4 is 15.7 Å². The fraction of sp³-hybridized carbons (Fsp3) is 0.700. The predicted molar refractivity (Wildman–Crippen MR) is 64.8 cm³/mol. The maximum absolute atomic E-state index is 11.7. The topological polar surface area (TPSA) is 78.0 Å². The molecule has 0 unspecified atom stereocenters. The maximum Gasteiger partial charge on any atom is 0.156 e. The summed E-state index contributed by atoms with van der Waals surface area (Å²) in [6.45, 7) is 7.23. The SMILES string of the molecule is CC(C)n1ncc(CS(=O)(=O)C(C)C)c1N. The van der Waals surface area contributed by atoms with E-state index in [1.54, 1.807) is 18.5 Å². The number of nitrogen functional groups attached to an aromatic ring is 1. The monoisotopic (exact) mass is 245 g/mol. The molecule has 16 heavy (non-hydrogen) atoms. The zero-order valence-electron chi connectivity index (χ0n) is 10.1. The summed E-state index contributed by atoms with van der Waals surface area (Å²) in [5.74, 6) is 0.405. The highest BCUT2D eigenvalue weighted by Crippen LogP contribution is 2.19. The fourth-order valence-corrected chi connectivity index (χ4v) is 2.30. The van der Waals surface area contributed by atoms with Crippen LogP contribution in [0.2, 0.25) is 0 Å². The number of nitrogens with two attached hydrogens (primary N) is 1. The Morgan fingerprint density at radius 2 is 1.94 bits per heavy atom. The normalized spacial score (nSPS) is 12.6. The molecule has 1 rings (SSSR count). The third-order valence-corrected chi connectivity index (χ3v) is 4.63. The summed E-state index contributed by atoms with van der Waals surface area (Å²) in [5, 5.41) is 3.69. The number of aromatic nitrogens is 2. The van der Waals surface area contributed by atoms with Gasteiger partial charge in [-0.2, -0.15) is 5.10 Å². The molecule has 0 aliphatic carbocycles. The third-order valence-electron chi connectivity index (χ3n) is 2.48. The van der Waals surface area contributed by atoms with Gasteiger partial charge in [-0.05, 0) is 27.7 Å². The lowest BCUT2D eigenvalue weighted by Crippen LogP contribution is -2.17. The van der Waals surface area contributed by atoms with Crippen molar-refractivity contribution in [2.24, 2.45) is 0 Å². The van der Waals surface area contributed by atoms with Crippen LogP contribution in [0.15, 0.2) is 6.20 Å². The summed E-state index contributed by atoms with van der Waals surface area (Å²) in [6, 6.07) is 0.135. The van der Waals surface area contributed by atoms with Gasteiger partial charge in [0.25, 0.3) is 0 Å². The van der Waals surface area contributed by atoms with Gasteiger partial charge < -0.3 is 5.73 Å². The van der Waals surface area contributed by atoms with Crippen molar-refractivity contribution < 1.29 is 8.42 Å². The summed E-state index contributed by atoms with van der Waals surface area (Å²) < 4.78 is 25.1. The summed E-state index contributed by atoms with van der Waals surface area (Å²) in [5.41, 5.74) is 6.43. The average Bonchev–Trinajstić information content (AvgIpc) is 2.47. The van der Waals surface area contributed by atoms with Crippen molar-refractivity contribution in [2.75, 3.05) is 5.73 Å². The van der Waals surface area contributed by atoms with Crippen molar-refractivity contribution in [3.8, 4) is 0 Å². The maximum atomic E-state index is 11.7. The van der Waals surface area contributed by atoms with E-state index in [-0.39, 0.29) is 11.8 Å². The number of nitrogens with zero attached hydrogens (tertiary/aromatic N) is 2. The lowest BCUT2D eigenvalue weighted by molar-refractivity contribution is 0.540. The Morgan fingerprint density at radius 1 is 1.38 bits per heavy atom. The highest BCUT2D eigenvalue weighted by molar-refractivity contribution is 7.91. The first-order valence-corrected chi connectivity index (χ1v) is 7.00. The minimum absolute atomic E-state index is 0.0385. The van der Waals surface area contributed by atoms with Gasteiger partial charge in [0.2, 0.25) is 0 Å². The molecule has 1 heterocycles. The second-order valence-corrected chi connectivity index (χ2v) is 7.01. The van der Waals surface area contributed by atoms with Gasteiger partial charge in [-0.3, -0.25) is 0 Å². The van der Waals surface area contributed by atoms with Crippen molar-refractivity contribution in [3.05, 3.63) is 11.8 Å². The molecule has 5 nitrogen and oxygen atoms in total. The molecular weight excluding hydrogens is 226 g/mol. The molecule has 0 saturated carbocycles. The summed E-state index contributed by atoms with van der Waals surface area (Å²) >= 11 is 0. The van der Waals surface area contributed by atoms with Crippen LogP contribution in [0.1, 0.15) is 39.3 Å². The van der Waals surface area contributed by atoms with E-state index in [1.807, 2.05) is 13.8 Å². The second-order valence-electron chi connectivity index (χ2n) is 4.45. The van der Waals surface area contributed by atoms with Gasteiger partial charge in [-0.1, -0.05) is 0 Å². The Bertz CT molecular complexity index is 460. The van der Waals surface area contributed by atoms with Crippen LogP contribution >= 0.6 is 0 Å². The number of rotatable bonds is 4. The predicted octanol–water partition coefficient (Wildman–Crippen LogP) is 1.37. The molecule has 0 spiro atoms. The van der Waals surface area contributed by atoms with Crippen LogP contribution in [0.5, 0.6) is 0 Å². The van der Waals surface area contributed by atoms with Crippen molar-refractivity contribution in [1.29, 1.82) is 0 Å². The molecule has 2 N–H and O–H groups in total. The molecule has 1 aromatic rings. The molecule has 0 fully saturated rings. The fourth-order valence-electron chi connectivity index (χ4n) is 1.31. The Labute approximate surface area is 96.6 Å². The van der Waals surface area contributed by atoms with Gasteiger partial charge in [0.1, 0.15) is 5.82 Å². The molecule has 0 amide bonds. The van der Waals surface area contributed by atoms with Gasteiger partial charge in [-0.25, -0.2) is 13.1 Å². The largest absolute Gasteiger partial charge is 0.384 e. The third kappa shape index (κ3) is 2.55. The molecule has 0 saturated heterocycles. The zero-order valence-corrected chi connectivity index (χ0v) is 11.0. The standard InChI is InChI=1S/C10H19N3O2S/c1-7(2)13-10(11)9(5-12-13)6-16(14,15)8(3)4/h5,7-8H,6,11H2,1-4H3. The lowest BCUT2D eigenvalue weighted by atomic mass is 10.3. The van der Waals surface area contributed by atoms with Gasteiger partial charge >= 0.3 is 0 Å². The van der Waals surface area contributed by atoms with Gasteiger partial charge in [-0.15, -0.1) is 0 Å². The van der Waals surface area contributed by atoms with E-state index in [2.05, 4.69) is 5.10 Å². The van der Waals surface area contributed by atoms with E-state index < -0.39 is 15.1 Å². The van der Waals surface area contributed by atoms with Crippen LogP contribution in [0.4, 0.5) is 5.82 Å². The number of hydrogen-bond donors (Lipinski definition) is 1. The minimum atomic E-state index is -3.12. The molecule has 92 valence electrons. The van der Waals surface area contributed by atoms with E-state index in [1.165, 1.54) is 6.20 Å². The highest BCUT2D eigenvalue weighted by atomic mass is 32.2. The molecule has 0 bridgehead atoms. The quantitative estimate of drug-likeness (QED) is 0.869. The smallest absolute Gasteiger partial charge is 0.156 e. The summed E-state index contributed by atoms with van der Waals surface area (Å²) in [4.78, 5) is 0. The van der Waals surface area contributed by atoms with Gasteiger partial charge in [0.05, 0.1) is 17.2 Å². The number of hydrogen-bond acceptors (Lipinski definition) is 4. The minimum Gasteiger partial charge on any atom is -0.384 e. The van der Waals surface area contributed by atoms with E-state index >= 15 is 0 Å². The molecule has 0 aromatic carbocycles. The first-order chi connectivity index (χ1) is 7.25. The van der Waals surface area contributed by atoms with Crippen LogP contribution in [-0.2, 0) is 15.6 Å². The Kier molecular flexibility index (Phi) is 3.62. The molecule has 1 aromatic heterocycles. The summed E-state index contributed by atoms with van der Waals surface area (Å²) in [6.07, 6.45) is 1.54. The molecular formula is C10H19N3O2S. The Hall–Kier alpha value is -1.04. The molecule has 0 aliphatic heterocycles. The van der Waals surface area contributed by atoms with Gasteiger partial charge in [0, 0.05) is 11.6 Å². The first-order valence-electron chi connectivity index (χ1n) is 5.29. The lowest BCUT2D eigenvalue weighted by Gasteiger charge is -2.09. The van der Waals surface area contributed by atoms with Crippen LogP contribution in [0.25, 0.3) is 0 Å². The van der Waals surface area contributed by atoms with E-state index in [0.717, 1.165) is 0 Å². The molecule has 0 atom stereocenters. The Balaban J connectivity index is 3.00. The first kappa shape index (κ1) is 13.0. The van der Waals surface area contributed by atoms with E-state index in [0.29, 0.717) is 11.4 Å². The van der Waals surface area contributed by atoms with Crippen LogP contribution in [0.3, 0.4) is 0 Å². The van der Waals surface area contributed by atoms with Crippen LogP contribution in [-0.4, -0.2) is 23.4 Å². The van der Waals surface area contributed by atoms with Gasteiger partial charge in [0.15, 0.2) is 9.84 Å². The number of anilines is 1. The molecule has 6 heteroatoms. The van der Waals surface area contributed by atoms with Crippen LogP contribution in [0, 0.1) is 0 Å².